The van der Waals surface area contributed by atoms with Crippen molar-refractivity contribution in [2.45, 2.75) is 25.0 Å². The van der Waals surface area contributed by atoms with E-state index in [0.717, 1.165) is 28.7 Å². The molecule has 1 aromatic heterocycles. The summed E-state index contributed by atoms with van der Waals surface area (Å²) >= 11 is 6.55. The van der Waals surface area contributed by atoms with Crippen LogP contribution in [0.4, 0.5) is 5.69 Å². The second-order valence-corrected chi connectivity index (χ2v) is 8.31. The fraction of sp³-hybridized carbons (Fsp3) is 0.250. The van der Waals surface area contributed by atoms with Crippen LogP contribution in [0.3, 0.4) is 0 Å². The zero-order valence-corrected chi connectivity index (χ0v) is 18.1. The number of halogens is 1. The summed E-state index contributed by atoms with van der Waals surface area (Å²) in [6, 6.07) is 13.4. The van der Waals surface area contributed by atoms with Gasteiger partial charge in [-0.25, -0.2) is 0 Å². The molecular formula is C24H21ClN2O5. The molecular weight excluding hydrogens is 432 g/mol. The van der Waals surface area contributed by atoms with Crippen LogP contribution in [-0.2, 0) is 16.0 Å². The molecule has 7 nitrogen and oxygen atoms in total. The fourth-order valence-corrected chi connectivity index (χ4v) is 4.34. The highest BCUT2D eigenvalue weighted by atomic mass is 35.5. The van der Waals surface area contributed by atoms with Crippen molar-refractivity contribution in [3.05, 3.63) is 64.4 Å². The lowest BCUT2D eigenvalue weighted by Gasteiger charge is -2.11. The third-order valence-electron chi connectivity index (χ3n) is 5.68. The number of anilines is 1. The minimum Gasteiger partial charge on any atom is -0.479 e. The van der Waals surface area contributed by atoms with Gasteiger partial charge < -0.3 is 24.4 Å². The summed E-state index contributed by atoms with van der Waals surface area (Å²) in [6.45, 7) is 0.400. The van der Waals surface area contributed by atoms with Gasteiger partial charge in [0.05, 0.1) is 42.2 Å². The van der Waals surface area contributed by atoms with Crippen LogP contribution in [0.1, 0.15) is 23.3 Å². The number of aliphatic hydroxyl groups is 1. The minimum absolute atomic E-state index is 0.0407. The Morgan fingerprint density at radius 2 is 2.06 bits per heavy atom. The predicted molar refractivity (Wildman–Crippen MR) is 121 cm³/mol. The van der Waals surface area contributed by atoms with E-state index in [1.165, 1.54) is 7.11 Å². The monoisotopic (exact) mass is 452 g/mol. The zero-order valence-electron chi connectivity index (χ0n) is 17.3. The van der Waals surface area contributed by atoms with Gasteiger partial charge >= 0.3 is 0 Å². The Hall–Kier alpha value is -3.13. The molecule has 0 spiro atoms. The number of carbonyl (C=O) groups is 1. The summed E-state index contributed by atoms with van der Waals surface area (Å²) in [4.78, 5) is 12.6. The normalized spacial score (nSPS) is 21.1. The van der Waals surface area contributed by atoms with Crippen molar-refractivity contribution < 1.29 is 23.9 Å². The zero-order chi connectivity index (χ0) is 22.2. The minimum atomic E-state index is -0.374. The number of rotatable bonds is 5. The molecule has 5 rings (SSSR count). The van der Waals surface area contributed by atoms with Gasteiger partial charge in [0.2, 0.25) is 0 Å². The maximum absolute atomic E-state index is 12.6. The molecule has 2 aliphatic heterocycles. The van der Waals surface area contributed by atoms with E-state index < -0.39 is 0 Å². The van der Waals surface area contributed by atoms with Crippen molar-refractivity contribution in [3.63, 3.8) is 0 Å². The second kappa shape index (κ2) is 8.43. The van der Waals surface area contributed by atoms with E-state index in [1.807, 2.05) is 30.3 Å². The number of aliphatic hydroxyl groups excluding tert-OH is 1. The summed E-state index contributed by atoms with van der Waals surface area (Å²) in [6.07, 6.45) is 2.71. The Balaban J connectivity index is 1.44. The number of benzene rings is 2. The number of fused-ring (bicyclic) bond motifs is 1. The SMILES string of the molecule is COc1cc(/C=C2\C(=O)Nc3cc(Cl)c(-c4ccc(CC5C[C@H](O)CO5)cc4)cc32)on1. The van der Waals surface area contributed by atoms with Gasteiger partial charge in [0, 0.05) is 23.6 Å². The van der Waals surface area contributed by atoms with Gasteiger partial charge in [0.15, 0.2) is 5.76 Å². The molecule has 2 aromatic carbocycles. The topological polar surface area (TPSA) is 93.8 Å². The number of hydrogen-bond acceptors (Lipinski definition) is 6. The number of nitrogens with zero attached hydrogens (tertiary/aromatic N) is 1. The predicted octanol–water partition coefficient (Wildman–Crippen LogP) is 4.19. The summed E-state index contributed by atoms with van der Waals surface area (Å²) < 4.78 is 15.8. The quantitative estimate of drug-likeness (QED) is 0.564. The lowest BCUT2D eigenvalue weighted by atomic mass is 9.97. The molecule has 0 saturated carbocycles. The number of hydrogen-bond donors (Lipinski definition) is 2. The smallest absolute Gasteiger partial charge is 0.256 e. The van der Waals surface area contributed by atoms with Crippen molar-refractivity contribution in [3.8, 4) is 17.0 Å². The number of carbonyl (C=O) groups excluding carboxylic acids is 1. The third-order valence-corrected chi connectivity index (χ3v) is 5.99. The van der Waals surface area contributed by atoms with Crippen molar-refractivity contribution in [1.82, 2.24) is 5.16 Å². The molecule has 2 atom stereocenters. The highest BCUT2D eigenvalue weighted by Gasteiger charge is 2.27. The Kier molecular flexibility index (Phi) is 5.46. The molecule has 2 aliphatic rings. The Bertz CT molecular complexity index is 1200. The molecule has 0 radical (unpaired) electrons. The average Bonchev–Trinajstić information content (AvgIpc) is 3.48. The molecule has 164 valence electrons. The first-order chi connectivity index (χ1) is 15.5. The number of ether oxygens (including phenoxy) is 2. The number of amides is 1. The van der Waals surface area contributed by atoms with E-state index in [1.54, 1.807) is 18.2 Å². The molecule has 8 heteroatoms. The summed E-state index contributed by atoms with van der Waals surface area (Å²) in [5.41, 5.74) is 4.74. The molecule has 0 aliphatic carbocycles. The van der Waals surface area contributed by atoms with E-state index in [0.29, 0.717) is 41.0 Å². The first-order valence-corrected chi connectivity index (χ1v) is 10.6. The molecule has 32 heavy (non-hydrogen) atoms. The van der Waals surface area contributed by atoms with Crippen LogP contribution in [0.2, 0.25) is 5.02 Å². The van der Waals surface area contributed by atoms with Crippen LogP contribution in [-0.4, -0.2) is 42.1 Å². The standard InChI is InChI=1S/C24H21ClN2O5/c1-30-23-9-17(32-27-23)8-20-19-10-18(21(25)11-22(19)26-24(20)29)14-4-2-13(3-5-14)6-16-7-15(28)12-31-16/h2-5,8-11,15-16,28H,6-7,12H2,1H3,(H,26,29)/b20-8-/t15-,16?/m0/s1. The Morgan fingerprint density at radius 1 is 1.25 bits per heavy atom. The maximum Gasteiger partial charge on any atom is 0.256 e. The third kappa shape index (κ3) is 4.02. The van der Waals surface area contributed by atoms with E-state index in [2.05, 4.69) is 10.5 Å². The van der Waals surface area contributed by atoms with Crippen LogP contribution >= 0.6 is 11.6 Å². The van der Waals surface area contributed by atoms with Gasteiger partial charge in [-0.05, 0) is 40.9 Å². The van der Waals surface area contributed by atoms with Crippen LogP contribution in [0.5, 0.6) is 5.88 Å². The van der Waals surface area contributed by atoms with Gasteiger partial charge in [0.25, 0.3) is 11.8 Å². The van der Waals surface area contributed by atoms with Gasteiger partial charge in [-0.3, -0.25) is 4.79 Å². The second-order valence-electron chi connectivity index (χ2n) is 7.91. The van der Waals surface area contributed by atoms with Gasteiger partial charge in [0.1, 0.15) is 0 Å². The molecule has 3 aromatic rings. The Morgan fingerprint density at radius 3 is 2.75 bits per heavy atom. The first kappa shape index (κ1) is 20.8. The molecule has 1 fully saturated rings. The largest absolute Gasteiger partial charge is 0.479 e. The molecule has 3 heterocycles. The van der Waals surface area contributed by atoms with Crippen molar-refractivity contribution >= 4 is 34.8 Å². The fourth-order valence-electron chi connectivity index (χ4n) is 4.07. The van der Waals surface area contributed by atoms with Crippen LogP contribution in [0.15, 0.2) is 47.0 Å². The van der Waals surface area contributed by atoms with Crippen molar-refractivity contribution in [2.75, 3.05) is 19.0 Å². The number of nitrogens with one attached hydrogen (secondary N) is 1. The van der Waals surface area contributed by atoms with E-state index in [9.17, 15) is 9.90 Å². The maximum atomic E-state index is 12.6. The van der Waals surface area contributed by atoms with Gasteiger partial charge in [-0.2, -0.15) is 0 Å². The van der Waals surface area contributed by atoms with Gasteiger partial charge in [-0.1, -0.05) is 35.9 Å². The molecule has 1 amide bonds. The van der Waals surface area contributed by atoms with Crippen LogP contribution < -0.4 is 10.1 Å². The first-order valence-electron chi connectivity index (χ1n) is 10.3. The number of aromatic nitrogens is 1. The molecule has 2 N–H and O–H groups in total. The van der Waals surface area contributed by atoms with E-state index in [4.69, 9.17) is 25.6 Å². The average molecular weight is 453 g/mol. The van der Waals surface area contributed by atoms with E-state index in [-0.39, 0.29) is 18.1 Å². The Labute approximate surface area is 189 Å². The highest BCUT2D eigenvalue weighted by molar-refractivity contribution is 6.38. The highest BCUT2D eigenvalue weighted by Crippen LogP contribution is 2.40. The summed E-state index contributed by atoms with van der Waals surface area (Å²) in [7, 11) is 1.50. The molecule has 1 saturated heterocycles. The summed E-state index contributed by atoms with van der Waals surface area (Å²) in [5, 5.41) is 16.8. The summed E-state index contributed by atoms with van der Waals surface area (Å²) in [5.74, 6) is 0.516. The molecule has 1 unspecified atom stereocenters. The van der Waals surface area contributed by atoms with Crippen molar-refractivity contribution in [2.24, 2.45) is 0 Å². The van der Waals surface area contributed by atoms with Crippen LogP contribution in [0.25, 0.3) is 22.8 Å². The molecule has 0 bridgehead atoms. The van der Waals surface area contributed by atoms with Crippen LogP contribution in [0, 0.1) is 0 Å². The lowest BCUT2D eigenvalue weighted by Crippen LogP contribution is -2.09. The van der Waals surface area contributed by atoms with Crippen molar-refractivity contribution in [1.29, 1.82) is 0 Å². The number of methoxy groups -OCH3 is 1. The lowest BCUT2D eigenvalue weighted by molar-refractivity contribution is -0.110. The van der Waals surface area contributed by atoms with Gasteiger partial charge in [-0.15, -0.1) is 0 Å². The van der Waals surface area contributed by atoms with E-state index >= 15 is 0 Å².